The molecule has 2 rings (SSSR count). The summed E-state index contributed by atoms with van der Waals surface area (Å²) in [7, 11) is 4.09. The zero-order chi connectivity index (χ0) is 17.4. The van der Waals surface area contributed by atoms with Crippen molar-refractivity contribution < 1.29 is 0 Å². The molecule has 1 aliphatic heterocycles. The van der Waals surface area contributed by atoms with Crippen molar-refractivity contribution in [3.8, 4) is 0 Å². The molecule has 1 fully saturated rings. The highest BCUT2D eigenvalue weighted by atomic mass is 15.3. The number of hydrogen-bond acceptors (Lipinski definition) is 2. The van der Waals surface area contributed by atoms with E-state index >= 15 is 0 Å². The van der Waals surface area contributed by atoms with Gasteiger partial charge in [0.2, 0.25) is 0 Å². The van der Waals surface area contributed by atoms with Crippen LogP contribution in [0, 0.1) is 0 Å². The second-order valence-corrected chi connectivity index (χ2v) is 7.10. The average Bonchev–Trinajstić information content (AvgIpc) is 3.08. The van der Waals surface area contributed by atoms with Crippen LogP contribution in [0.15, 0.2) is 35.3 Å². The number of rotatable bonds is 7. The summed E-state index contributed by atoms with van der Waals surface area (Å²) in [6, 6.07) is 11.5. The Hall–Kier alpha value is -1.55. The molecule has 1 aliphatic rings. The lowest BCUT2D eigenvalue weighted by Gasteiger charge is -2.23. The Balaban J connectivity index is 1.71. The van der Waals surface area contributed by atoms with E-state index in [1.54, 1.807) is 0 Å². The Labute approximate surface area is 147 Å². The maximum Gasteiger partial charge on any atom is 0.193 e. The van der Waals surface area contributed by atoms with Gasteiger partial charge in [-0.05, 0) is 52.3 Å². The van der Waals surface area contributed by atoms with Crippen LogP contribution < -0.4 is 5.32 Å². The van der Waals surface area contributed by atoms with Gasteiger partial charge in [-0.15, -0.1) is 0 Å². The van der Waals surface area contributed by atoms with Gasteiger partial charge in [-0.25, -0.2) is 0 Å². The number of benzene rings is 1. The number of aliphatic imine (C=N–C) groups is 1. The molecular weight excluding hydrogens is 296 g/mol. The van der Waals surface area contributed by atoms with Crippen LogP contribution in [0.25, 0.3) is 0 Å². The first-order valence-corrected chi connectivity index (χ1v) is 9.32. The molecule has 0 spiro atoms. The van der Waals surface area contributed by atoms with E-state index in [9.17, 15) is 0 Å². The lowest BCUT2D eigenvalue weighted by Crippen LogP contribution is -2.40. The van der Waals surface area contributed by atoms with Crippen molar-refractivity contribution >= 4 is 5.96 Å². The second kappa shape index (κ2) is 9.67. The fourth-order valence-electron chi connectivity index (χ4n) is 3.23. The number of guanidine groups is 1. The van der Waals surface area contributed by atoms with Gasteiger partial charge in [0.25, 0.3) is 0 Å². The van der Waals surface area contributed by atoms with Gasteiger partial charge < -0.3 is 15.1 Å². The average molecular weight is 331 g/mol. The first-order chi connectivity index (χ1) is 11.6. The molecule has 1 unspecified atom stereocenters. The van der Waals surface area contributed by atoms with Crippen molar-refractivity contribution in [1.82, 2.24) is 15.1 Å². The molecule has 0 aliphatic carbocycles. The quantitative estimate of drug-likeness (QED) is 0.473. The van der Waals surface area contributed by atoms with E-state index in [-0.39, 0.29) is 0 Å². The van der Waals surface area contributed by atoms with E-state index in [2.05, 4.69) is 71.3 Å². The smallest absolute Gasteiger partial charge is 0.193 e. The molecule has 0 bridgehead atoms. The predicted octanol–water partition coefficient (Wildman–Crippen LogP) is 3.17. The van der Waals surface area contributed by atoms with Gasteiger partial charge >= 0.3 is 0 Å². The highest BCUT2D eigenvalue weighted by Gasteiger charge is 2.25. The topological polar surface area (TPSA) is 30.9 Å². The minimum Gasteiger partial charge on any atom is -0.356 e. The predicted molar refractivity (Wildman–Crippen MR) is 104 cm³/mol. The van der Waals surface area contributed by atoms with Gasteiger partial charge in [0, 0.05) is 38.6 Å². The number of nitrogens with zero attached hydrogens (tertiary/aromatic N) is 3. The maximum absolute atomic E-state index is 4.48. The molecule has 0 amide bonds. The molecule has 134 valence electrons. The number of hydrogen-bond donors (Lipinski definition) is 1. The lowest BCUT2D eigenvalue weighted by molar-refractivity contribution is 0.268. The molecule has 1 atom stereocenters. The van der Waals surface area contributed by atoms with Gasteiger partial charge in [-0.3, -0.25) is 4.99 Å². The van der Waals surface area contributed by atoms with E-state index in [0.717, 1.165) is 32.1 Å². The molecular formula is C20H34N4. The molecule has 0 radical (unpaired) electrons. The largest absolute Gasteiger partial charge is 0.356 e. The van der Waals surface area contributed by atoms with Crippen molar-refractivity contribution in [3.05, 3.63) is 35.9 Å². The third-order valence-electron chi connectivity index (χ3n) is 5.07. The summed E-state index contributed by atoms with van der Waals surface area (Å²) in [6.45, 7) is 8.82. The van der Waals surface area contributed by atoms with Crippen molar-refractivity contribution in [2.45, 2.75) is 45.1 Å². The number of unbranched alkanes of at least 4 members (excludes halogenated alkanes) is 1. The Morgan fingerprint density at radius 3 is 2.71 bits per heavy atom. The molecule has 0 saturated carbocycles. The van der Waals surface area contributed by atoms with Gasteiger partial charge in [-0.1, -0.05) is 30.3 Å². The first kappa shape index (κ1) is 18.8. The summed E-state index contributed by atoms with van der Waals surface area (Å²) in [4.78, 5) is 9.28. The fourth-order valence-corrected chi connectivity index (χ4v) is 3.23. The summed E-state index contributed by atoms with van der Waals surface area (Å²) in [5.74, 6) is 1.69. The van der Waals surface area contributed by atoms with Crippen molar-refractivity contribution in [2.24, 2.45) is 4.99 Å². The summed E-state index contributed by atoms with van der Waals surface area (Å²) in [5, 5.41) is 3.54. The summed E-state index contributed by atoms with van der Waals surface area (Å²) >= 11 is 0. The summed E-state index contributed by atoms with van der Waals surface area (Å²) in [6.07, 6.45) is 3.63. The van der Waals surface area contributed by atoms with Crippen LogP contribution >= 0.6 is 0 Å². The van der Waals surface area contributed by atoms with Crippen LogP contribution in [-0.4, -0.2) is 62.1 Å². The molecule has 1 heterocycles. The normalized spacial score (nSPS) is 18.7. The Morgan fingerprint density at radius 2 is 2.04 bits per heavy atom. The summed E-state index contributed by atoms with van der Waals surface area (Å²) in [5.41, 5.74) is 1.45. The van der Waals surface area contributed by atoms with Crippen LogP contribution in [0.5, 0.6) is 0 Å². The zero-order valence-electron chi connectivity index (χ0n) is 15.8. The molecule has 4 heteroatoms. The van der Waals surface area contributed by atoms with Crippen molar-refractivity contribution in [1.29, 1.82) is 0 Å². The highest BCUT2D eigenvalue weighted by molar-refractivity contribution is 5.80. The third kappa shape index (κ3) is 5.52. The molecule has 1 aromatic carbocycles. The molecule has 24 heavy (non-hydrogen) atoms. The van der Waals surface area contributed by atoms with Gasteiger partial charge in [0.15, 0.2) is 5.96 Å². The molecule has 0 aromatic heterocycles. The van der Waals surface area contributed by atoms with E-state index in [0.29, 0.717) is 12.0 Å². The van der Waals surface area contributed by atoms with Gasteiger partial charge in [-0.2, -0.15) is 0 Å². The third-order valence-corrected chi connectivity index (χ3v) is 5.07. The lowest BCUT2D eigenvalue weighted by atomic mass is 9.99. The van der Waals surface area contributed by atoms with Crippen molar-refractivity contribution in [2.75, 3.05) is 40.3 Å². The first-order valence-electron chi connectivity index (χ1n) is 9.32. The maximum atomic E-state index is 4.48. The van der Waals surface area contributed by atoms with E-state index in [4.69, 9.17) is 0 Å². The van der Waals surface area contributed by atoms with E-state index < -0.39 is 0 Å². The second-order valence-electron chi connectivity index (χ2n) is 7.10. The van der Waals surface area contributed by atoms with E-state index in [1.165, 1.54) is 24.8 Å². The van der Waals surface area contributed by atoms with Gasteiger partial charge in [0.05, 0.1) is 0 Å². The van der Waals surface area contributed by atoms with Crippen LogP contribution in [0.4, 0.5) is 0 Å². The van der Waals surface area contributed by atoms with Crippen molar-refractivity contribution in [3.63, 3.8) is 0 Å². The Kier molecular flexibility index (Phi) is 7.57. The SMILES string of the molecule is CN=C(NCCCCN(C)C(C)C)N1CCC(c2ccccc2)C1. The Bertz CT molecular complexity index is 498. The van der Waals surface area contributed by atoms with Gasteiger partial charge in [0.1, 0.15) is 0 Å². The number of likely N-dealkylation sites (tertiary alicyclic amines) is 1. The minimum absolute atomic E-state index is 0.629. The van der Waals surface area contributed by atoms with Crippen LogP contribution in [-0.2, 0) is 0 Å². The Morgan fingerprint density at radius 1 is 1.29 bits per heavy atom. The molecule has 4 nitrogen and oxygen atoms in total. The fraction of sp³-hybridized carbons (Fsp3) is 0.650. The van der Waals surface area contributed by atoms with Crippen LogP contribution in [0.1, 0.15) is 44.6 Å². The van der Waals surface area contributed by atoms with Crippen LogP contribution in [0.3, 0.4) is 0 Å². The number of nitrogens with one attached hydrogen (secondary N) is 1. The molecule has 1 saturated heterocycles. The van der Waals surface area contributed by atoms with Crippen LogP contribution in [0.2, 0.25) is 0 Å². The monoisotopic (exact) mass is 330 g/mol. The van der Waals surface area contributed by atoms with E-state index in [1.807, 2.05) is 7.05 Å². The molecule has 1 N–H and O–H groups in total. The zero-order valence-corrected chi connectivity index (χ0v) is 15.8. The summed E-state index contributed by atoms with van der Waals surface area (Å²) < 4.78 is 0. The minimum atomic E-state index is 0.629. The molecule has 1 aromatic rings. The highest BCUT2D eigenvalue weighted by Crippen LogP contribution is 2.26. The standard InChI is InChI=1S/C20H34N4/c1-17(2)23(4)14-9-8-13-22-20(21-3)24-15-12-19(16-24)18-10-6-5-7-11-18/h5-7,10-11,17,19H,8-9,12-16H2,1-4H3,(H,21,22).